The van der Waals surface area contributed by atoms with Crippen LogP contribution in [0.2, 0.25) is 0 Å². The second-order valence-corrected chi connectivity index (χ2v) is 5.85. The molecule has 7 heteroatoms. The van der Waals surface area contributed by atoms with Crippen molar-refractivity contribution in [3.8, 4) is 0 Å². The van der Waals surface area contributed by atoms with Crippen LogP contribution in [0.3, 0.4) is 0 Å². The van der Waals surface area contributed by atoms with Crippen LogP contribution in [-0.4, -0.2) is 25.3 Å². The van der Waals surface area contributed by atoms with Gasteiger partial charge in [-0.15, -0.1) is 12.4 Å². The molecule has 0 spiro atoms. The average Bonchev–Trinajstić information content (AvgIpc) is 1.59. The zero-order chi connectivity index (χ0) is 8.58. The molecule has 0 radical (unpaired) electrons. The van der Waals surface area contributed by atoms with Crippen molar-refractivity contribution in [2.24, 2.45) is 5.73 Å². The van der Waals surface area contributed by atoms with Crippen molar-refractivity contribution in [1.29, 1.82) is 0 Å². The van der Waals surface area contributed by atoms with Gasteiger partial charge in [-0.2, -0.15) is 13.2 Å². The average molecular weight is 212 g/mol. The van der Waals surface area contributed by atoms with Crippen molar-refractivity contribution in [2.45, 2.75) is 12.0 Å². The first-order valence-electron chi connectivity index (χ1n) is 2.52. The summed E-state index contributed by atoms with van der Waals surface area (Å²) in [4.78, 5) is 0. The Morgan fingerprint density at radius 1 is 1.36 bits per heavy atom. The molecule has 70 valence electrons. The first kappa shape index (κ1) is 13.8. The second kappa shape index (κ2) is 3.78. The fraction of sp³-hybridized carbons (Fsp3) is 1.00. The van der Waals surface area contributed by atoms with Crippen molar-refractivity contribution in [1.82, 2.24) is 0 Å². The molecule has 0 aliphatic rings. The van der Waals surface area contributed by atoms with E-state index in [4.69, 9.17) is 0 Å². The predicted octanol–water partition coefficient (Wildman–Crippen LogP) is 1.88. The third-order valence-electron chi connectivity index (χ3n) is 1.01. The Bertz CT molecular complexity index is 165. The predicted molar refractivity (Wildman–Crippen MR) is 40.7 cm³/mol. The van der Waals surface area contributed by atoms with E-state index in [1.807, 2.05) is 0 Å². The minimum absolute atomic E-state index is 0. The van der Waals surface area contributed by atoms with Gasteiger partial charge in [-0.3, -0.25) is 0 Å². The first-order chi connectivity index (χ1) is 4.15. The lowest BCUT2D eigenvalue weighted by molar-refractivity contribution is -0.129. The highest BCUT2D eigenvalue weighted by Gasteiger charge is 2.43. The zero-order valence-electron chi connectivity index (χ0n) is 6.05. The van der Waals surface area contributed by atoms with Gasteiger partial charge < -0.3 is 10.3 Å². The van der Waals surface area contributed by atoms with Gasteiger partial charge in [0.05, 0.1) is 0 Å². The summed E-state index contributed by atoms with van der Waals surface area (Å²) >= 11 is 0. The molecular formula is C4H10ClF3NOP. The Hall–Kier alpha value is 0.270. The standard InChI is InChI=1S/C4H9F3NOP.ClH/c1-10(2,9)3(8)4(5,6)7;/h3H,8H2,1-2H3;1H/t3-;/m0./s1. The van der Waals surface area contributed by atoms with Gasteiger partial charge in [-0.25, -0.2) is 0 Å². The Morgan fingerprint density at radius 2 is 1.64 bits per heavy atom. The van der Waals surface area contributed by atoms with E-state index >= 15 is 0 Å². The van der Waals surface area contributed by atoms with Crippen LogP contribution in [0.5, 0.6) is 0 Å². The molecule has 0 aromatic carbocycles. The molecule has 0 aliphatic heterocycles. The van der Waals surface area contributed by atoms with E-state index in [-0.39, 0.29) is 12.4 Å². The third-order valence-corrected chi connectivity index (χ3v) is 2.64. The molecule has 0 saturated heterocycles. The van der Waals surface area contributed by atoms with E-state index in [0.717, 1.165) is 13.3 Å². The summed E-state index contributed by atoms with van der Waals surface area (Å²) in [6, 6.07) is 0. The van der Waals surface area contributed by atoms with Gasteiger partial charge in [0, 0.05) is 0 Å². The van der Waals surface area contributed by atoms with Crippen molar-refractivity contribution in [2.75, 3.05) is 13.3 Å². The maximum absolute atomic E-state index is 11.6. The summed E-state index contributed by atoms with van der Waals surface area (Å²) < 4.78 is 45.7. The molecule has 0 fully saturated rings. The van der Waals surface area contributed by atoms with Crippen LogP contribution in [0.4, 0.5) is 13.2 Å². The lowest BCUT2D eigenvalue weighted by atomic mass is 10.7. The molecule has 0 aliphatic carbocycles. The molecule has 0 amide bonds. The van der Waals surface area contributed by atoms with E-state index in [1.165, 1.54) is 0 Å². The number of nitrogens with two attached hydrogens (primary N) is 1. The molecule has 0 saturated carbocycles. The van der Waals surface area contributed by atoms with Gasteiger partial charge in [0.25, 0.3) is 0 Å². The maximum Gasteiger partial charge on any atom is 0.410 e. The fourth-order valence-electron chi connectivity index (χ4n) is 0.353. The van der Waals surface area contributed by atoms with Gasteiger partial charge in [0.15, 0.2) is 5.78 Å². The normalized spacial score (nSPS) is 15.5. The summed E-state index contributed by atoms with van der Waals surface area (Å²) in [5.41, 5.74) is 4.64. The highest BCUT2D eigenvalue weighted by Crippen LogP contribution is 2.46. The highest BCUT2D eigenvalue weighted by atomic mass is 35.5. The summed E-state index contributed by atoms with van der Waals surface area (Å²) in [6.45, 7) is 2.04. The fourth-order valence-corrected chi connectivity index (χ4v) is 1.06. The van der Waals surface area contributed by atoms with E-state index in [1.54, 1.807) is 0 Å². The minimum atomic E-state index is -4.54. The summed E-state index contributed by atoms with van der Waals surface area (Å²) in [5, 5.41) is 0. The van der Waals surface area contributed by atoms with E-state index < -0.39 is 19.1 Å². The Kier molecular flexibility index (Phi) is 4.76. The minimum Gasteiger partial charge on any atom is -0.322 e. The number of hydrogen-bond acceptors (Lipinski definition) is 2. The maximum atomic E-state index is 11.6. The van der Waals surface area contributed by atoms with Crippen molar-refractivity contribution < 1.29 is 17.7 Å². The Morgan fingerprint density at radius 3 is 1.64 bits per heavy atom. The molecule has 0 bridgehead atoms. The molecule has 0 heterocycles. The Balaban J connectivity index is 0. The number of halogens is 4. The smallest absolute Gasteiger partial charge is 0.322 e. The Labute approximate surface area is 69.1 Å². The molecule has 11 heavy (non-hydrogen) atoms. The van der Waals surface area contributed by atoms with E-state index in [2.05, 4.69) is 5.73 Å². The first-order valence-corrected chi connectivity index (χ1v) is 5.19. The van der Waals surface area contributed by atoms with Gasteiger partial charge >= 0.3 is 6.18 Å². The lowest BCUT2D eigenvalue weighted by Crippen LogP contribution is -2.36. The van der Waals surface area contributed by atoms with Crippen LogP contribution in [-0.2, 0) is 4.57 Å². The molecule has 2 nitrogen and oxygen atoms in total. The third kappa shape index (κ3) is 4.67. The molecule has 0 rings (SSSR count). The number of hydrogen-bond donors (Lipinski definition) is 1. The molecule has 0 aromatic heterocycles. The summed E-state index contributed by atoms with van der Waals surface area (Å²) in [7, 11) is -3.23. The highest BCUT2D eigenvalue weighted by molar-refractivity contribution is 7.63. The van der Waals surface area contributed by atoms with Gasteiger partial charge in [-0.1, -0.05) is 0 Å². The topological polar surface area (TPSA) is 43.1 Å². The van der Waals surface area contributed by atoms with Crippen LogP contribution in [0.25, 0.3) is 0 Å². The van der Waals surface area contributed by atoms with Crippen LogP contribution < -0.4 is 5.73 Å². The van der Waals surface area contributed by atoms with E-state index in [9.17, 15) is 17.7 Å². The van der Waals surface area contributed by atoms with Crippen LogP contribution >= 0.6 is 19.5 Å². The second-order valence-electron chi connectivity index (χ2n) is 2.42. The van der Waals surface area contributed by atoms with Gasteiger partial charge in [0.1, 0.15) is 7.14 Å². The molecule has 1 atom stereocenters. The molecule has 0 unspecified atom stereocenters. The molecule has 0 aromatic rings. The lowest BCUT2D eigenvalue weighted by Gasteiger charge is -2.18. The van der Waals surface area contributed by atoms with Crippen molar-refractivity contribution >= 4 is 19.5 Å². The SMILES string of the molecule is CP(C)(=O)[C@H](N)C(F)(F)F.Cl. The molecular weight excluding hydrogens is 201 g/mol. The van der Waals surface area contributed by atoms with Crippen molar-refractivity contribution in [3.63, 3.8) is 0 Å². The van der Waals surface area contributed by atoms with Crippen LogP contribution in [0.1, 0.15) is 0 Å². The number of rotatable bonds is 1. The summed E-state index contributed by atoms with van der Waals surface area (Å²) in [6.07, 6.45) is -4.54. The van der Waals surface area contributed by atoms with Gasteiger partial charge in [0.2, 0.25) is 0 Å². The monoisotopic (exact) mass is 211 g/mol. The largest absolute Gasteiger partial charge is 0.410 e. The molecule has 2 N–H and O–H groups in total. The van der Waals surface area contributed by atoms with Crippen molar-refractivity contribution in [3.05, 3.63) is 0 Å². The quantitative estimate of drug-likeness (QED) is 0.673. The van der Waals surface area contributed by atoms with Crippen LogP contribution in [0.15, 0.2) is 0 Å². The van der Waals surface area contributed by atoms with E-state index in [0.29, 0.717) is 0 Å². The van der Waals surface area contributed by atoms with Crippen LogP contribution in [0, 0.1) is 0 Å². The summed E-state index contributed by atoms with van der Waals surface area (Å²) in [5.74, 6) is -2.18. The zero-order valence-corrected chi connectivity index (χ0v) is 7.76. The number of alkyl halides is 3. The van der Waals surface area contributed by atoms with Gasteiger partial charge in [-0.05, 0) is 13.3 Å².